The maximum atomic E-state index is 12.7. The lowest BCUT2D eigenvalue weighted by atomic mass is 10.2. The molecule has 0 aliphatic carbocycles. The van der Waals surface area contributed by atoms with Crippen LogP contribution in [0.25, 0.3) is 22.9 Å². The maximum absolute atomic E-state index is 12.7. The molecule has 1 aliphatic rings. The Morgan fingerprint density at radius 3 is 2.46 bits per heavy atom. The molecule has 0 N–H and O–H groups in total. The zero-order valence-corrected chi connectivity index (χ0v) is 20.1. The van der Waals surface area contributed by atoms with Crippen LogP contribution >= 0.6 is 0 Å². The normalized spacial score (nSPS) is 13.9. The number of benzene rings is 2. The van der Waals surface area contributed by atoms with Crippen LogP contribution in [0.5, 0.6) is 5.75 Å². The molecule has 37 heavy (non-hydrogen) atoms. The van der Waals surface area contributed by atoms with E-state index in [1.165, 1.54) is 24.5 Å². The first kappa shape index (κ1) is 23.9. The number of fused-ring (bicyclic) bond motifs is 1. The molecule has 1 aliphatic heterocycles. The third-order valence-electron chi connectivity index (χ3n) is 6.02. The van der Waals surface area contributed by atoms with Crippen molar-refractivity contribution in [3.05, 3.63) is 76.6 Å². The summed E-state index contributed by atoms with van der Waals surface area (Å²) in [5, 5.41) is 19.4. The number of anilines is 1. The molecular formula is C25H24N8O4. The first-order valence-corrected chi connectivity index (χ1v) is 11.8. The van der Waals surface area contributed by atoms with Crippen molar-refractivity contribution in [2.24, 2.45) is 0 Å². The average molecular weight is 501 g/mol. The minimum atomic E-state index is -0.454. The topological polar surface area (TPSA) is 132 Å². The molecule has 1 amide bonds. The molecule has 12 heteroatoms. The van der Waals surface area contributed by atoms with Gasteiger partial charge in [-0.25, -0.2) is 9.97 Å². The Morgan fingerprint density at radius 2 is 1.78 bits per heavy atom. The van der Waals surface area contributed by atoms with Crippen LogP contribution < -0.4 is 9.64 Å². The molecule has 0 bridgehead atoms. The van der Waals surface area contributed by atoms with Crippen LogP contribution in [-0.2, 0) is 4.79 Å². The van der Waals surface area contributed by atoms with Crippen LogP contribution in [-0.4, -0.2) is 73.5 Å². The largest absolute Gasteiger partial charge is 0.494 e. The van der Waals surface area contributed by atoms with Crippen molar-refractivity contribution in [2.75, 3.05) is 37.7 Å². The summed E-state index contributed by atoms with van der Waals surface area (Å²) in [6.07, 6.45) is 4.64. The molecule has 0 saturated carbocycles. The Kier molecular flexibility index (Phi) is 6.70. The van der Waals surface area contributed by atoms with Crippen LogP contribution in [0.3, 0.4) is 0 Å². The lowest BCUT2D eigenvalue weighted by Gasteiger charge is -2.34. The van der Waals surface area contributed by atoms with E-state index in [1.54, 1.807) is 27.8 Å². The Labute approximate surface area is 211 Å². The molecule has 0 spiro atoms. The van der Waals surface area contributed by atoms with Gasteiger partial charge in [-0.1, -0.05) is 5.21 Å². The number of non-ortho nitro benzene ring substituents is 1. The van der Waals surface area contributed by atoms with Gasteiger partial charge in [0.1, 0.15) is 12.1 Å². The fraction of sp³-hybridized carbons (Fsp3) is 0.240. The highest BCUT2D eigenvalue weighted by Crippen LogP contribution is 2.24. The van der Waals surface area contributed by atoms with Crippen molar-refractivity contribution in [3.8, 4) is 11.4 Å². The summed E-state index contributed by atoms with van der Waals surface area (Å²) in [5.74, 6) is 1.34. The van der Waals surface area contributed by atoms with Crippen molar-refractivity contribution >= 4 is 34.7 Å². The third-order valence-corrected chi connectivity index (χ3v) is 6.02. The van der Waals surface area contributed by atoms with Gasteiger partial charge in [0.05, 0.1) is 17.2 Å². The monoisotopic (exact) mass is 500 g/mol. The van der Waals surface area contributed by atoms with Crippen LogP contribution in [0.2, 0.25) is 0 Å². The number of rotatable bonds is 7. The number of ether oxygens (including phenoxy) is 1. The summed E-state index contributed by atoms with van der Waals surface area (Å²) in [7, 11) is 0. The van der Waals surface area contributed by atoms with Crippen molar-refractivity contribution < 1.29 is 14.5 Å². The van der Waals surface area contributed by atoms with E-state index in [4.69, 9.17) is 4.74 Å². The van der Waals surface area contributed by atoms with Gasteiger partial charge in [-0.3, -0.25) is 14.9 Å². The van der Waals surface area contributed by atoms with Gasteiger partial charge in [-0.15, -0.1) is 5.10 Å². The number of carbonyl (C=O) groups excluding carboxylic acids is 1. The van der Waals surface area contributed by atoms with E-state index in [9.17, 15) is 14.9 Å². The average Bonchev–Trinajstić information content (AvgIpc) is 3.37. The number of piperazine rings is 1. The fourth-order valence-corrected chi connectivity index (χ4v) is 4.11. The van der Waals surface area contributed by atoms with Gasteiger partial charge in [0, 0.05) is 44.4 Å². The van der Waals surface area contributed by atoms with Crippen molar-refractivity contribution in [1.82, 2.24) is 29.9 Å². The van der Waals surface area contributed by atoms with E-state index in [1.807, 2.05) is 31.2 Å². The molecule has 12 nitrogen and oxygen atoms in total. The van der Waals surface area contributed by atoms with Crippen molar-refractivity contribution in [3.63, 3.8) is 0 Å². The smallest absolute Gasteiger partial charge is 0.269 e. The highest BCUT2D eigenvalue weighted by Gasteiger charge is 2.24. The van der Waals surface area contributed by atoms with Crippen LogP contribution in [0.15, 0.2) is 60.9 Å². The van der Waals surface area contributed by atoms with Gasteiger partial charge < -0.3 is 14.5 Å². The SMILES string of the molecule is CCOc1ccc(-n2nnc3c(N4CCN(C(=O)C=Cc5ccc([N+](=O)[O-])cc5)CC4)ncnc32)cc1. The van der Waals surface area contributed by atoms with Crippen LogP contribution in [0, 0.1) is 10.1 Å². The molecule has 2 aromatic carbocycles. The summed E-state index contributed by atoms with van der Waals surface area (Å²) >= 11 is 0. The molecular weight excluding hydrogens is 476 g/mol. The number of aromatic nitrogens is 5. The summed E-state index contributed by atoms with van der Waals surface area (Å²) in [6, 6.07) is 13.6. The van der Waals surface area contributed by atoms with Gasteiger partial charge in [0.15, 0.2) is 17.0 Å². The Balaban J connectivity index is 1.25. The van der Waals surface area contributed by atoms with E-state index in [0.29, 0.717) is 49.8 Å². The van der Waals surface area contributed by atoms with Crippen LogP contribution in [0.1, 0.15) is 12.5 Å². The zero-order valence-electron chi connectivity index (χ0n) is 20.1. The summed E-state index contributed by atoms with van der Waals surface area (Å²) < 4.78 is 7.17. The van der Waals surface area contributed by atoms with Gasteiger partial charge in [-0.2, -0.15) is 4.68 Å². The number of amides is 1. The lowest BCUT2D eigenvalue weighted by Crippen LogP contribution is -2.48. The Morgan fingerprint density at radius 1 is 1.05 bits per heavy atom. The number of hydrogen-bond donors (Lipinski definition) is 0. The summed E-state index contributed by atoms with van der Waals surface area (Å²) in [6.45, 7) is 4.73. The molecule has 2 aromatic heterocycles. The second kappa shape index (κ2) is 10.4. The van der Waals surface area contributed by atoms with E-state index in [-0.39, 0.29) is 11.6 Å². The quantitative estimate of drug-likeness (QED) is 0.213. The maximum Gasteiger partial charge on any atom is 0.269 e. The van der Waals surface area contributed by atoms with Gasteiger partial charge >= 0.3 is 0 Å². The molecule has 0 unspecified atom stereocenters. The fourth-order valence-electron chi connectivity index (χ4n) is 4.11. The second-order valence-corrected chi connectivity index (χ2v) is 8.29. The summed E-state index contributed by atoms with van der Waals surface area (Å²) in [5.41, 5.74) is 2.73. The molecule has 188 valence electrons. The van der Waals surface area contributed by atoms with E-state index in [0.717, 1.165) is 17.0 Å². The minimum absolute atomic E-state index is 0.0120. The standard InChI is InChI=1S/C25H24N8O4/c1-2-37-21-10-8-19(9-11-21)32-25-23(28-29-32)24(26-17-27-25)31-15-13-30(14-16-31)22(34)12-5-18-3-6-20(7-4-18)33(35)36/h3-12,17H,2,13-16H2,1H3. The highest BCUT2D eigenvalue weighted by atomic mass is 16.6. The van der Waals surface area contributed by atoms with Crippen LogP contribution in [0.4, 0.5) is 11.5 Å². The molecule has 0 radical (unpaired) electrons. The number of hydrogen-bond acceptors (Lipinski definition) is 9. The Bertz CT molecular complexity index is 1440. The zero-order chi connectivity index (χ0) is 25.8. The van der Waals surface area contributed by atoms with E-state index < -0.39 is 4.92 Å². The van der Waals surface area contributed by atoms with Crippen molar-refractivity contribution in [1.29, 1.82) is 0 Å². The van der Waals surface area contributed by atoms with Gasteiger partial charge in [0.2, 0.25) is 5.91 Å². The predicted octanol–water partition coefficient (Wildman–Crippen LogP) is 2.88. The number of carbonyl (C=O) groups is 1. The number of nitrogens with zero attached hydrogens (tertiary/aromatic N) is 8. The van der Waals surface area contributed by atoms with E-state index in [2.05, 4.69) is 25.2 Å². The molecule has 1 fully saturated rings. The highest BCUT2D eigenvalue weighted by molar-refractivity contribution is 5.92. The van der Waals surface area contributed by atoms with Crippen molar-refractivity contribution in [2.45, 2.75) is 6.92 Å². The second-order valence-electron chi connectivity index (χ2n) is 8.29. The Hall–Kier alpha value is -4.87. The predicted molar refractivity (Wildman–Crippen MR) is 137 cm³/mol. The minimum Gasteiger partial charge on any atom is -0.494 e. The molecule has 1 saturated heterocycles. The third kappa shape index (κ3) is 5.08. The number of nitro benzene ring substituents is 1. The van der Waals surface area contributed by atoms with Gasteiger partial charge in [-0.05, 0) is 55.0 Å². The molecule has 0 atom stereocenters. The lowest BCUT2D eigenvalue weighted by molar-refractivity contribution is -0.384. The van der Waals surface area contributed by atoms with E-state index >= 15 is 0 Å². The van der Waals surface area contributed by atoms with Gasteiger partial charge in [0.25, 0.3) is 5.69 Å². The number of nitro groups is 1. The first-order valence-electron chi connectivity index (χ1n) is 11.8. The molecule has 5 rings (SSSR count). The molecule has 4 aromatic rings. The first-order chi connectivity index (χ1) is 18.0. The summed E-state index contributed by atoms with van der Waals surface area (Å²) in [4.78, 5) is 35.7. The molecule has 3 heterocycles.